The molecular formula is C23H17Cl3N4O2S. The Morgan fingerprint density at radius 2 is 1.82 bits per heavy atom. The van der Waals surface area contributed by atoms with Gasteiger partial charge in [-0.25, -0.2) is 4.99 Å². The predicted molar refractivity (Wildman–Crippen MR) is 138 cm³/mol. The van der Waals surface area contributed by atoms with E-state index in [1.165, 1.54) is 7.11 Å². The number of hydrogen-bond donors (Lipinski definition) is 3. The van der Waals surface area contributed by atoms with Crippen LogP contribution in [0.1, 0.15) is 11.1 Å². The highest BCUT2D eigenvalue weighted by Crippen LogP contribution is 2.30. The zero-order valence-corrected chi connectivity index (χ0v) is 20.2. The predicted octanol–water partition coefficient (Wildman–Crippen LogP) is 5.76. The summed E-state index contributed by atoms with van der Waals surface area (Å²) in [6.07, 6.45) is -1.03. The van der Waals surface area contributed by atoms with E-state index in [-0.39, 0.29) is 5.11 Å². The maximum atomic E-state index is 13.0. The van der Waals surface area contributed by atoms with Gasteiger partial charge in [0, 0.05) is 26.9 Å². The fraction of sp³-hybridized carbons (Fsp3) is 0.0870. The summed E-state index contributed by atoms with van der Waals surface area (Å²) in [6, 6.07) is 17.5. The summed E-state index contributed by atoms with van der Waals surface area (Å²) in [4.78, 5) is 17.7. The van der Waals surface area contributed by atoms with Crippen LogP contribution < -0.4 is 20.7 Å². The van der Waals surface area contributed by atoms with Crippen LogP contribution in [0, 0.1) is 0 Å². The number of fused-ring (bicyclic) bond motifs is 1. The fourth-order valence-electron chi connectivity index (χ4n) is 3.28. The van der Waals surface area contributed by atoms with Crippen molar-refractivity contribution in [2.45, 2.75) is 6.17 Å². The molecule has 3 aromatic carbocycles. The second-order valence-corrected chi connectivity index (χ2v) is 8.65. The van der Waals surface area contributed by atoms with Gasteiger partial charge in [0.05, 0.1) is 23.5 Å². The van der Waals surface area contributed by atoms with Crippen LogP contribution in [0.25, 0.3) is 0 Å². The largest absolute Gasteiger partial charge is 0.495 e. The fourth-order valence-corrected chi connectivity index (χ4v) is 4.17. The van der Waals surface area contributed by atoms with Crippen LogP contribution in [0.3, 0.4) is 0 Å². The summed E-state index contributed by atoms with van der Waals surface area (Å²) in [6.45, 7) is 0. The second-order valence-electron chi connectivity index (χ2n) is 6.99. The van der Waals surface area contributed by atoms with Crippen LogP contribution in [-0.2, 0) is 4.79 Å². The van der Waals surface area contributed by atoms with Gasteiger partial charge in [0.2, 0.25) is 6.17 Å². The van der Waals surface area contributed by atoms with E-state index in [9.17, 15) is 4.79 Å². The van der Waals surface area contributed by atoms with Crippen LogP contribution in [0.5, 0.6) is 5.75 Å². The monoisotopic (exact) mass is 518 g/mol. The van der Waals surface area contributed by atoms with Gasteiger partial charge >= 0.3 is 0 Å². The Bertz CT molecular complexity index is 1280. The number of benzene rings is 3. The first-order valence-corrected chi connectivity index (χ1v) is 11.2. The van der Waals surface area contributed by atoms with E-state index in [0.717, 1.165) is 0 Å². The maximum Gasteiger partial charge on any atom is 0.269 e. The van der Waals surface area contributed by atoms with Crippen molar-refractivity contribution in [2.75, 3.05) is 17.7 Å². The Morgan fingerprint density at radius 1 is 1.03 bits per heavy atom. The molecule has 168 valence electrons. The lowest BCUT2D eigenvalue weighted by Gasteiger charge is -2.17. The Labute approximate surface area is 210 Å². The molecular weight excluding hydrogens is 503 g/mol. The van der Waals surface area contributed by atoms with Crippen LogP contribution in [0.4, 0.5) is 11.4 Å². The van der Waals surface area contributed by atoms with Crippen LogP contribution in [0.15, 0.2) is 65.7 Å². The molecule has 0 saturated carbocycles. The van der Waals surface area contributed by atoms with E-state index in [4.69, 9.17) is 51.8 Å². The molecule has 3 aromatic rings. The number of thiocarbonyl (C=S) groups is 1. The van der Waals surface area contributed by atoms with Crippen molar-refractivity contribution >= 4 is 75.1 Å². The Balaban J connectivity index is 1.66. The van der Waals surface area contributed by atoms with Crippen LogP contribution >= 0.6 is 47.0 Å². The molecule has 4 rings (SSSR count). The third-order valence-electron chi connectivity index (χ3n) is 4.81. The lowest BCUT2D eigenvalue weighted by atomic mass is 10.0. The van der Waals surface area contributed by atoms with Crippen molar-refractivity contribution in [3.8, 4) is 5.75 Å². The zero-order valence-electron chi connectivity index (χ0n) is 17.2. The van der Waals surface area contributed by atoms with E-state index >= 15 is 0 Å². The third kappa shape index (κ3) is 5.23. The Kier molecular flexibility index (Phi) is 7.05. The number of nitrogens with zero attached hydrogens (tertiary/aromatic N) is 1. The number of carbonyl (C=O) groups is 1. The molecule has 0 fully saturated rings. The molecule has 1 aliphatic rings. The summed E-state index contributed by atoms with van der Waals surface area (Å²) in [7, 11) is 1.53. The average Bonchev–Trinajstić information content (AvgIpc) is 2.91. The Morgan fingerprint density at radius 3 is 2.55 bits per heavy atom. The average molecular weight is 520 g/mol. The summed E-state index contributed by atoms with van der Waals surface area (Å²) in [5, 5.41) is 10.4. The SMILES string of the molecule is COc1ccc(NC(=S)NC2N=C(c3ccccc3Cl)c3cc(Cl)ccc3NC2=O)cc1Cl. The first-order chi connectivity index (χ1) is 15.9. The van der Waals surface area contributed by atoms with E-state index < -0.39 is 12.1 Å². The molecule has 1 aliphatic heterocycles. The topological polar surface area (TPSA) is 74.8 Å². The number of ether oxygens (including phenoxy) is 1. The molecule has 0 saturated heterocycles. The molecule has 3 N–H and O–H groups in total. The van der Waals surface area contributed by atoms with E-state index in [0.29, 0.717) is 49.0 Å². The molecule has 6 nitrogen and oxygen atoms in total. The van der Waals surface area contributed by atoms with Gasteiger partial charge in [-0.1, -0.05) is 53.0 Å². The number of amides is 1. The molecule has 0 radical (unpaired) electrons. The van der Waals surface area contributed by atoms with Crippen molar-refractivity contribution in [2.24, 2.45) is 4.99 Å². The van der Waals surface area contributed by atoms with Crippen molar-refractivity contribution in [3.05, 3.63) is 86.9 Å². The second kappa shape index (κ2) is 9.97. The molecule has 0 bridgehead atoms. The van der Waals surface area contributed by atoms with Gasteiger partial charge in [0.25, 0.3) is 5.91 Å². The van der Waals surface area contributed by atoms with Gasteiger partial charge in [0.15, 0.2) is 5.11 Å². The minimum absolute atomic E-state index is 0.183. The number of carbonyl (C=O) groups excluding carboxylic acids is 1. The summed E-state index contributed by atoms with van der Waals surface area (Å²) in [5.41, 5.74) is 3.00. The lowest BCUT2D eigenvalue weighted by Crippen LogP contribution is -2.44. The minimum atomic E-state index is -1.03. The number of halogens is 3. The number of nitrogens with one attached hydrogen (secondary N) is 3. The van der Waals surface area contributed by atoms with Crippen molar-refractivity contribution in [3.63, 3.8) is 0 Å². The molecule has 1 heterocycles. The first kappa shape index (κ1) is 23.3. The smallest absolute Gasteiger partial charge is 0.269 e. The van der Waals surface area contributed by atoms with Crippen molar-refractivity contribution < 1.29 is 9.53 Å². The maximum absolute atomic E-state index is 13.0. The van der Waals surface area contributed by atoms with Crippen molar-refractivity contribution in [1.29, 1.82) is 0 Å². The zero-order chi connectivity index (χ0) is 23.5. The number of methoxy groups -OCH3 is 1. The van der Waals surface area contributed by atoms with E-state index in [1.54, 1.807) is 42.5 Å². The standard InChI is InChI=1S/C23H17Cl3N4O2S/c1-32-19-9-7-13(11-17(19)26)27-23(33)30-21-22(31)28-18-8-6-12(24)10-15(18)20(29-21)14-4-2-3-5-16(14)25/h2-11,21H,1H3,(H,28,31)(H2,27,30,33). The van der Waals surface area contributed by atoms with Gasteiger partial charge in [-0.15, -0.1) is 0 Å². The van der Waals surface area contributed by atoms with Gasteiger partial charge in [-0.05, 0) is 54.7 Å². The van der Waals surface area contributed by atoms with Gasteiger partial charge in [0.1, 0.15) is 5.75 Å². The normalized spacial score (nSPS) is 15.0. The highest BCUT2D eigenvalue weighted by molar-refractivity contribution is 7.80. The molecule has 33 heavy (non-hydrogen) atoms. The highest BCUT2D eigenvalue weighted by atomic mass is 35.5. The molecule has 1 atom stereocenters. The van der Waals surface area contributed by atoms with E-state index in [1.807, 2.05) is 18.2 Å². The number of hydrogen-bond acceptors (Lipinski definition) is 4. The summed E-state index contributed by atoms with van der Waals surface area (Å²) < 4.78 is 5.16. The van der Waals surface area contributed by atoms with E-state index in [2.05, 4.69) is 20.9 Å². The van der Waals surface area contributed by atoms with Crippen LogP contribution in [-0.4, -0.2) is 30.0 Å². The van der Waals surface area contributed by atoms with Crippen molar-refractivity contribution in [1.82, 2.24) is 5.32 Å². The lowest BCUT2D eigenvalue weighted by molar-refractivity contribution is -0.117. The van der Waals surface area contributed by atoms with Gasteiger partial charge < -0.3 is 20.7 Å². The number of rotatable bonds is 4. The number of aliphatic imine (C=N–C) groups is 1. The summed E-state index contributed by atoms with van der Waals surface area (Å²) in [5.74, 6) is 0.146. The molecule has 0 aliphatic carbocycles. The summed E-state index contributed by atoms with van der Waals surface area (Å²) >= 11 is 24.3. The highest BCUT2D eigenvalue weighted by Gasteiger charge is 2.27. The quantitative estimate of drug-likeness (QED) is 0.382. The minimum Gasteiger partial charge on any atom is -0.495 e. The van der Waals surface area contributed by atoms with Gasteiger partial charge in [-0.2, -0.15) is 0 Å². The molecule has 1 amide bonds. The van der Waals surface area contributed by atoms with Crippen LogP contribution in [0.2, 0.25) is 15.1 Å². The molecule has 0 aromatic heterocycles. The third-order valence-corrected chi connectivity index (χ3v) is 5.89. The molecule has 0 spiro atoms. The van der Waals surface area contributed by atoms with Gasteiger partial charge in [-0.3, -0.25) is 4.79 Å². The molecule has 1 unspecified atom stereocenters. The Hall–Kier alpha value is -2.84. The first-order valence-electron chi connectivity index (χ1n) is 9.70. The molecule has 10 heteroatoms. The number of benzodiazepines with no additional fused rings is 1. The number of anilines is 2.